The SMILES string of the molecule is CN(C(=O)c1cnccc1Oc1cc(Cl)ccc1Cl)c1ccccc1Cl. The summed E-state index contributed by atoms with van der Waals surface area (Å²) in [6, 6.07) is 13.5. The van der Waals surface area contributed by atoms with Crippen molar-refractivity contribution < 1.29 is 9.53 Å². The Kier molecular flexibility index (Phi) is 5.67. The van der Waals surface area contributed by atoms with Gasteiger partial charge in [-0.1, -0.05) is 46.9 Å². The zero-order valence-electron chi connectivity index (χ0n) is 13.6. The number of benzene rings is 2. The summed E-state index contributed by atoms with van der Waals surface area (Å²) >= 11 is 18.3. The molecule has 0 N–H and O–H groups in total. The molecule has 3 rings (SSSR count). The Morgan fingerprint density at radius 1 is 1.00 bits per heavy atom. The van der Waals surface area contributed by atoms with Crippen molar-refractivity contribution in [3.63, 3.8) is 0 Å². The molecule has 26 heavy (non-hydrogen) atoms. The molecule has 0 radical (unpaired) electrons. The zero-order valence-corrected chi connectivity index (χ0v) is 15.9. The molecule has 0 spiro atoms. The van der Waals surface area contributed by atoms with E-state index in [-0.39, 0.29) is 11.5 Å². The number of rotatable bonds is 4. The summed E-state index contributed by atoms with van der Waals surface area (Å²) in [4.78, 5) is 18.4. The summed E-state index contributed by atoms with van der Waals surface area (Å²) in [5, 5.41) is 1.32. The van der Waals surface area contributed by atoms with Gasteiger partial charge < -0.3 is 9.64 Å². The lowest BCUT2D eigenvalue weighted by atomic mass is 10.2. The van der Waals surface area contributed by atoms with Crippen molar-refractivity contribution in [1.82, 2.24) is 4.98 Å². The fourth-order valence-corrected chi connectivity index (χ4v) is 2.90. The van der Waals surface area contributed by atoms with Gasteiger partial charge in [0.05, 0.1) is 15.7 Å². The van der Waals surface area contributed by atoms with Gasteiger partial charge in [0, 0.05) is 30.5 Å². The standard InChI is InChI=1S/C19H13Cl3N2O2/c1-24(16-5-3-2-4-14(16)21)19(25)13-11-23-9-8-17(13)26-18-10-12(20)6-7-15(18)22/h2-11H,1H3. The van der Waals surface area contributed by atoms with E-state index in [1.165, 1.54) is 17.3 Å². The van der Waals surface area contributed by atoms with Crippen LogP contribution in [0.1, 0.15) is 10.4 Å². The maximum Gasteiger partial charge on any atom is 0.263 e. The largest absolute Gasteiger partial charge is 0.455 e. The normalized spacial score (nSPS) is 10.5. The van der Waals surface area contributed by atoms with Crippen molar-refractivity contribution in [3.8, 4) is 11.5 Å². The molecule has 0 unspecified atom stereocenters. The van der Waals surface area contributed by atoms with Gasteiger partial charge >= 0.3 is 0 Å². The Bertz CT molecular complexity index is 963. The summed E-state index contributed by atoms with van der Waals surface area (Å²) < 4.78 is 5.82. The van der Waals surface area contributed by atoms with E-state index in [4.69, 9.17) is 39.5 Å². The van der Waals surface area contributed by atoms with E-state index in [9.17, 15) is 4.79 Å². The van der Waals surface area contributed by atoms with Crippen LogP contribution < -0.4 is 9.64 Å². The van der Waals surface area contributed by atoms with Crippen LogP contribution in [0.25, 0.3) is 0 Å². The van der Waals surface area contributed by atoms with Crippen LogP contribution in [0.4, 0.5) is 5.69 Å². The molecule has 1 amide bonds. The number of nitrogens with zero attached hydrogens (tertiary/aromatic N) is 2. The van der Waals surface area contributed by atoms with Crippen molar-refractivity contribution in [2.24, 2.45) is 0 Å². The van der Waals surface area contributed by atoms with Gasteiger partial charge in [-0.15, -0.1) is 0 Å². The van der Waals surface area contributed by atoms with Crippen LogP contribution in [0, 0.1) is 0 Å². The predicted molar refractivity (Wildman–Crippen MR) is 105 cm³/mol. The third-order valence-corrected chi connectivity index (χ3v) is 4.51. The van der Waals surface area contributed by atoms with Gasteiger partial charge in [0.1, 0.15) is 17.1 Å². The average molecular weight is 408 g/mol. The number of carbonyl (C=O) groups excluding carboxylic acids is 1. The van der Waals surface area contributed by atoms with Gasteiger partial charge in [0.15, 0.2) is 0 Å². The summed E-state index contributed by atoms with van der Waals surface area (Å²) in [7, 11) is 1.63. The minimum absolute atomic E-state index is 0.269. The van der Waals surface area contributed by atoms with E-state index in [2.05, 4.69) is 4.98 Å². The first kappa shape index (κ1) is 18.5. The molecular formula is C19H13Cl3N2O2. The Hall–Kier alpha value is -2.27. The average Bonchev–Trinajstić information content (AvgIpc) is 2.64. The second kappa shape index (κ2) is 7.96. The Morgan fingerprint density at radius 2 is 1.77 bits per heavy atom. The fraction of sp³-hybridized carbons (Fsp3) is 0.0526. The topological polar surface area (TPSA) is 42.4 Å². The number of aromatic nitrogens is 1. The molecule has 0 fully saturated rings. The molecule has 132 valence electrons. The van der Waals surface area contributed by atoms with Crippen LogP contribution >= 0.6 is 34.8 Å². The molecule has 0 aliphatic heterocycles. The molecule has 0 saturated carbocycles. The van der Waals surface area contributed by atoms with Crippen molar-refractivity contribution in [1.29, 1.82) is 0 Å². The molecule has 0 saturated heterocycles. The van der Waals surface area contributed by atoms with Crippen molar-refractivity contribution in [2.45, 2.75) is 0 Å². The van der Waals surface area contributed by atoms with Crippen molar-refractivity contribution in [3.05, 3.63) is 81.6 Å². The van der Waals surface area contributed by atoms with Gasteiger partial charge in [-0.3, -0.25) is 9.78 Å². The van der Waals surface area contributed by atoms with E-state index in [0.717, 1.165) is 0 Å². The maximum absolute atomic E-state index is 12.9. The van der Waals surface area contributed by atoms with Gasteiger partial charge in [-0.2, -0.15) is 0 Å². The molecule has 4 nitrogen and oxygen atoms in total. The first-order chi connectivity index (χ1) is 12.5. The molecule has 0 aliphatic rings. The fourth-order valence-electron chi connectivity index (χ4n) is 2.32. The maximum atomic E-state index is 12.9. The second-order valence-corrected chi connectivity index (χ2v) is 6.62. The molecular weight excluding hydrogens is 395 g/mol. The van der Waals surface area contributed by atoms with Crippen LogP contribution in [0.15, 0.2) is 60.9 Å². The van der Waals surface area contributed by atoms with Crippen LogP contribution in [0.3, 0.4) is 0 Å². The van der Waals surface area contributed by atoms with E-state index < -0.39 is 0 Å². The second-order valence-electron chi connectivity index (χ2n) is 5.36. The minimum atomic E-state index is -0.320. The predicted octanol–water partition coefficient (Wildman–Crippen LogP) is 6.11. The highest BCUT2D eigenvalue weighted by Crippen LogP contribution is 2.34. The van der Waals surface area contributed by atoms with Crippen molar-refractivity contribution in [2.75, 3.05) is 11.9 Å². The first-order valence-electron chi connectivity index (χ1n) is 7.57. The molecule has 3 aromatic rings. The molecule has 0 bridgehead atoms. The molecule has 2 aromatic carbocycles. The van der Waals surface area contributed by atoms with Gasteiger partial charge in [0.25, 0.3) is 5.91 Å². The Balaban J connectivity index is 1.95. The summed E-state index contributed by atoms with van der Waals surface area (Å²) in [5.74, 6) is 0.340. The summed E-state index contributed by atoms with van der Waals surface area (Å²) in [5.41, 5.74) is 0.848. The number of anilines is 1. The van der Waals surface area contributed by atoms with Crippen LogP contribution in [-0.2, 0) is 0 Å². The quantitative estimate of drug-likeness (QED) is 0.524. The lowest BCUT2D eigenvalue weighted by Gasteiger charge is -2.20. The number of amides is 1. The molecule has 0 aliphatic carbocycles. The van der Waals surface area contributed by atoms with Gasteiger partial charge in [-0.25, -0.2) is 0 Å². The highest BCUT2D eigenvalue weighted by atomic mass is 35.5. The lowest BCUT2D eigenvalue weighted by Crippen LogP contribution is -2.27. The molecule has 0 atom stereocenters. The Morgan fingerprint density at radius 3 is 2.54 bits per heavy atom. The van der Waals surface area contributed by atoms with Crippen LogP contribution in [0.2, 0.25) is 15.1 Å². The highest BCUT2D eigenvalue weighted by Gasteiger charge is 2.21. The van der Waals surface area contributed by atoms with Crippen LogP contribution in [0.5, 0.6) is 11.5 Å². The highest BCUT2D eigenvalue weighted by molar-refractivity contribution is 6.34. The number of hydrogen-bond acceptors (Lipinski definition) is 3. The van der Waals surface area contributed by atoms with Crippen molar-refractivity contribution >= 4 is 46.4 Å². The minimum Gasteiger partial charge on any atom is -0.455 e. The molecule has 1 aromatic heterocycles. The smallest absolute Gasteiger partial charge is 0.263 e. The van der Waals surface area contributed by atoms with Gasteiger partial charge in [-0.05, 0) is 30.3 Å². The number of pyridine rings is 1. The van der Waals surface area contributed by atoms with E-state index >= 15 is 0 Å². The number of ether oxygens (including phenoxy) is 1. The number of hydrogen-bond donors (Lipinski definition) is 0. The van der Waals surface area contributed by atoms with Crippen LogP contribution in [-0.4, -0.2) is 17.9 Å². The third-order valence-electron chi connectivity index (χ3n) is 3.64. The van der Waals surface area contributed by atoms with Gasteiger partial charge in [0.2, 0.25) is 0 Å². The monoisotopic (exact) mass is 406 g/mol. The number of halogens is 3. The third kappa shape index (κ3) is 3.93. The molecule has 7 heteroatoms. The Labute approximate surface area is 165 Å². The zero-order chi connectivity index (χ0) is 18.7. The van der Waals surface area contributed by atoms with E-state index in [1.54, 1.807) is 55.6 Å². The van der Waals surface area contributed by atoms with E-state index in [1.807, 2.05) is 0 Å². The number of carbonyl (C=O) groups is 1. The summed E-state index contributed by atoms with van der Waals surface area (Å²) in [6.07, 6.45) is 2.96. The summed E-state index contributed by atoms with van der Waals surface area (Å²) in [6.45, 7) is 0. The molecule has 1 heterocycles. The lowest BCUT2D eigenvalue weighted by molar-refractivity contribution is 0.0990. The number of para-hydroxylation sites is 1. The first-order valence-corrected chi connectivity index (χ1v) is 8.70. The van der Waals surface area contributed by atoms with E-state index in [0.29, 0.717) is 32.3 Å².